The first kappa shape index (κ1) is 11.8. The van der Waals surface area contributed by atoms with Crippen LogP contribution in [-0.2, 0) is 4.43 Å². The summed E-state index contributed by atoms with van der Waals surface area (Å²) in [5.74, 6) is 5.64. The Morgan fingerprint density at radius 1 is 0.947 bits per heavy atom. The van der Waals surface area contributed by atoms with E-state index in [4.69, 9.17) is 4.43 Å². The number of rotatable bonds is 4. The zero-order chi connectivity index (χ0) is 13.6. The van der Waals surface area contributed by atoms with Crippen LogP contribution in [0.1, 0.15) is 20.8 Å². The smallest absolute Gasteiger partial charge is 0.192 e. The first-order chi connectivity index (χ1) is 8.75. The van der Waals surface area contributed by atoms with Crippen molar-refractivity contribution in [3.05, 3.63) is 0 Å². The predicted octanol–water partition coefficient (Wildman–Crippen LogP) is 2.74. The zero-order valence-corrected chi connectivity index (χ0v) is 13.7. The summed E-state index contributed by atoms with van der Waals surface area (Å²) >= 11 is 0. The highest BCUT2D eigenvalue weighted by atomic mass is 28.4. The van der Waals surface area contributed by atoms with Crippen LogP contribution >= 0.6 is 0 Å². The maximum absolute atomic E-state index is 9.64. The molecule has 0 bridgehead atoms. The summed E-state index contributed by atoms with van der Waals surface area (Å²) in [6, 6.07) is 0. The van der Waals surface area contributed by atoms with Gasteiger partial charge in [0.05, 0.1) is 0 Å². The lowest BCUT2D eigenvalue weighted by atomic mass is 8.92. The van der Waals surface area contributed by atoms with Gasteiger partial charge >= 0.3 is 0 Å². The quantitative estimate of drug-likeness (QED) is 0.801. The molecule has 0 unspecified atom stereocenters. The maximum Gasteiger partial charge on any atom is 0.192 e. The Morgan fingerprint density at radius 2 is 1.37 bits per heavy atom. The van der Waals surface area contributed by atoms with E-state index in [2.05, 4.69) is 33.9 Å². The molecule has 6 rings (SSSR count). The van der Waals surface area contributed by atoms with Crippen LogP contribution in [0.25, 0.3) is 0 Å². The van der Waals surface area contributed by atoms with Gasteiger partial charge < -0.3 is 9.53 Å². The summed E-state index contributed by atoms with van der Waals surface area (Å²) in [5.41, 5.74) is 1.07. The van der Waals surface area contributed by atoms with Gasteiger partial charge in [0.2, 0.25) is 0 Å². The van der Waals surface area contributed by atoms with Crippen LogP contribution in [0.3, 0.4) is 0 Å². The molecular weight excluding hydrogens is 252 g/mol. The Labute approximate surface area is 117 Å². The van der Waals surface area contributed by atoms with Gasteiger partial charge in [0.15, 0.2) is 8.32 Å². The number of hydrogen-bond acceptors (Lipinski definition) is 2. The molecule has 0 spiro atoms. The average molecular weight is 278 g/mol. The fourth-order valence-corrected chi connectivity index (χ4v) is 8.14. The molecule has 0 aliphatic heterocycles. The van der Waals surface area contributed by atoms with Crippen molar-refractivity contribution in [1.82, 2.24) is 0 Å². The molecule has 0 aromatic carbocycles. The lowest BCUT2D eigenvalue weighted by Crippen LogP contribution is -3.10. The van der Waals surface area contributed by atoms with E-state index < -0.39 is 8.32 Å². The second-order valence-electron chi connectivity index (χ2n) is 9.59. The van der Waals surface area contributed by atoms with Crippen LogP contribution < -0.4 is 0 Å². The second-order valence-corrected chi connectivity index (χ2v) is 14.4. The van der Waals surface area contributed by atoms with Gasteiger partial charge in [0.25, 0.3) is 0 Å². The van der Waals surface area contributed by atoms with Crippen molar-refractivity contribution in [2.24, 2.45) is 46.3 Å². The summed E-state index contributed by atoms with van der Waals surface area (Å²) < 4.78 is 6.55. The SMILES string of the molecule is CC(C)(C)[Si](C)(C)OCC12C3C4C1C1C2C3C41CO. The third-order valence-corrected chi connectivity index (χ3v) is 13.3. The lowest BCUT2D eigenvalue weighted by molar-refractivity contribution is -0.662. The molecule has 0 amide bonds. The highest BCUT2D eigenvalue weighted by Crippen LogP contribution is 3.10. The van der Waals surface area contributed by atoms with Gasteiger partial charge in [0.1, 0.15) is 0 Å². The van der Waals surface area contributed by atoms with Crippen LogP contribution in [-0.4, -0.2) is 26.6 Å². The van der Waals surface area contributed by atoms with E-state index in [1.165, 1.54) is 0 Å². The third kappa shape index (κ3) is 0.754. The molecule has 0 heterocycles. The van der Waals surface area contributed by atoms with E-state index in [-0.39, 0.29) is 0 Å². The van der Waals surface area contributed by atoms with Gasteiger partial charge in [0, 0.05) is 24.0 Å². The normalized spacial score (nSPS) is 62.2. The Bertz CT molecular complexity index is 436. The maximum atomic E-state index is 9.64. The highest BCUT2D eigenvalue weighted by molar-refractivity contribution is 6.74. The topological polar surface area (TPSA) is 29.5 Å². The predicted molar refractivity (Wildman–Crippen MR) is 76.0 cm³/mol. The molecule has 0 aromatic rings. The van der Waals surface area contributed by atoms with Crippen LogP contribution in [0, 0.1) is 46.3 Å². The Kier molecular flexibility index (Phi) is 1.62. The van der Waals surface area contributed by atoms with Gasteiger partial charge in [-0.1, -0.05) is 20.8 Å². The molecule has 0 atom stereocenters. The lowest BCUT2D eigenvalue weighted by Gasteiger charge is -3.11. The van der Waals surface area contributed by atoms with Crippen molar-refractivity contribution < 1.29 is 9.53 Å². The van der Waals surface area contributed by atoms with Crippen molar-refractivity contribution in [2.75, 3.05) is 13.2 Å². The van der Waals surface area contributed by atoms with Crippen LogP contribution in [0.5, 0.6) is 0 Å². The van der Waals surface area contributed by atoms with E-state index in [0.29, 0.717) is 22.5 Å². The minimum absolute atomic E-state index is 0.331. The molecular formula is C16H26O2Si. The number of aliphatic hydroxyl groups is 1. The molecule has 1 N–H and O–H groups in total. The van der Waals surface area contributed by atoms with Gasteiger partial charge in [-0.15, -0.1) is 0 Å². The van der Waals surface area contributed by atoms with E-state index in [1.807, 2.05) is 0 Å². The van der Waals surface area contributed by atoms with Crippen LogP contribution in [0.4, 0.5) is 0 Å². The first-order valence-corrected chi connectivity index (χ1v) is 10.9. The highest BCUT2D eigenvalue weighted by Gasteiger charge is 3.09. The van der Waals surface area contributed by atoms with Crippen molar-refractivity contribution in [3.63, 3.8) is 0 Å². The number of aliphatic hydroxyl groups excluding tert-OH is 1. The second kappa shape index (κ2) is 2.61. The van der Waals surface area contributed by atoms with Crippen molar-refractivity contribution in [3.8, 4) is 0 Å². The average Bonchev–Trinajstić information content (AvgIpc) is 2.35. The molecule has 6 aliphatic rings. The van der Waals surface area contributed by atoms with E-state index >= 15 is 0 Å². The summed E-state index contributed by atoms with van der Waals surface area (Å²) in [5, 5.41) is 9.97. The van der Waals surface area contributed by atoms with Gasteiger partial charge in [-0.05, 0) is 53.6 Å². The fourth-order valence-electron chi connectivity index (χ4n) is 7.10. The Hall–Kier alpha value is 0.137. The van der Waals surface area contributed by atoms with Crippen molar-refractivity contribution >= 4 is 8.32 Å². The van der Waals surface area contributed by atoms with E-state index in [1.54, 1.807) is 0 Å². The van der Waals surface area contributed by atoms with Crippen molar-refractivity contribution in [1.29, 1.82) is 0 Å². The van der Waals surface area contributed by atoms with E-state index in [9.17, 15) is 5.11 Å². The Balaban J connectivity index is 1.31. The minimum atomic E-state index is -1.58. The molecule has 0 saturated heterocycles. The molecule has 6 saturated carbocycles. The summed E-state index contributed by atoms with van der Waals surface area (Å²) in [6.45, 7) is 13.3. The van der Waals surface area contributed by atoms with Gasteiger partial charge in [-0.25, -0.2) is 0 Å². The molecule has 106 valence electrons. The molecule has 6 fully saturated rings. The fraction of sp³-hybridized carbons (Fsp3) is 1.00. The largest absolute Gasteiger partial charge is 0.416 e. The summed E-state index contributed by atoms with van der Waals surface area (Å²) in [4.78, 5) is 0. The number of hydrogen-bond donors (Lipinski definition) is 1. The van der Waals surface area contributed by atoms with Crippen LogP contribution in [0.15, 0.2) is 0 Å². The summed E-state index contributed by atoms with van der Waals surface area (Å²) in [7, 11) is -1.58. The standard InChI is InChI=1S/C16H26O2Si/c1-14(2,3)19(4,5)18-7-16-11-8-12(16)10-13(16)9(11)15(8,10)6-17/h8-13,17H,6-7H2,1-5H3. The molecule has 2 nitrogen and oxygen atoms in total. The Morgan fingerprint density at radius 3 is 1.74 bits per heavy atom. The minimum Gasteiger partial charge on any atom is -0.416 e. The van der Waals surface area contributed by atoms with E-state index in [0.717, 1.165) is 42.1 Å². The molecule has 6 aliphatic carbocycles. The first-order valence-electron chi connectivity index (χ1n) is 8.00. The summed E-state index contributed by atoms with van der Waals surface area (Å²) in [6.07, 6.45) is 0. The van der Waals surface area contributed by atoms with Gasteiger partial charge in [-0.3, -0.25) is 0 Å². The molecule has 0 aromatic heterocycles. The molecule has 3 heteroatoms. The molecule has 0 radical (unpaired) electrons. The van der Waals surface area contributed by atoms with Gasteiger partial charge in [-0.2, -0.15) is 0 Å². The van der Waals surface area contributed by atoms with Crippen molar-refractivity contribution in [2.45, 2.75) is 38.9 Å². The molecule has 19 heavy (non-hydrogen) atoms. The zero-order valence-electron chi connectivity index (χ0n) is 12.7. The van der Waals surface area contributed by atoms with Crippen LogP contribution in [0.2, 0.25) is 18.1 Å². The third-order valence-electron chi connectivity index (χ3n) is 8.81. The monoisotopic (exact) mass is 278 g/mol.